The zero-order valence-corrected chi connectivity index (χ0v) is 42.9. The standard InChI is InChI=1S/C16H14O4.C15H10O7.C15H10O6.C15H12O5/c1-9-2-4-10(5-3-9)14-8-13(19)16-12(18)6-11(17)7-15(16)20-14;16-7-4-10(19)12-11(5-7)22-15(14(21)13(12)20)6-1-2-8(17)9(18)3-6;16-8-4-11(19)15-12(20)6-13(21-14(15)5-8)7-1-2-9(17)10(18)3-7;16-9-3-1-8(2-4-9)13-7-12(19)15-11(18)5-10(17)6-14(15)20-13/h2-7,14,17-18H,8H2,1H3;1-5,16-19,21H;1-6,16-19H;1-6,13,16-18H,7H2. The molecule has 0 saturated carbocycles. The van der Waals surface area contributed by atoms with Crippen molar-refractivity contribution in [1.29, 1.82) is 0 Å². The Balaban J connectivity index is 0.000000133. The van der Waals surface area contributed by atoms with E-state index in [0.29, 0.717) is 5.56 Å². The number of hydrogen-bond donors (Lipinski definition) is 14. The van der Waals surface area contributed by atoms with Crippen molar-refractivity contribution in [2.45, 2.75) is 32.0 Å². The van der Waals surface area contributed by atoms with Crippen LogP contribution >= 0.6 is 0 Å². The molecule has 0 aliphatic carbocycles. The van der Waals surface area contributed by atoms with E-state index >= 15 is 0 Å². The molecular weight excluding hydrogens is 1080 g/mol. The summed E-state index contributed by atoms with van der Waals surface area (Å²) in [4.78, 5) is 48.4. The fourth-order valence-corrected chi connectivity index (χ4v) is 8.90. The maximum absolute atomic E-state index is 12.1. The number of phenolic OH excluding ortho intramolecular Hbond substituents is 13. The quantitative estimate of drug-likeness (QED) is 0.0728. The Morgan fingerprint density at radius 2 is 0.819 bits per heavy atom. The second-order valence-corrected chi connectivity index (χ2v) is 18.8. The highest BCUT2D eigenvalue weighted by Crippen LogP contribution is 2.44. The first-order valence-corrected chi connectivity index (χ1v) is 24.6. The Hall–Kier alpha value is -11.7. The number of aromatic hydroxyl groups is 14. The number of fused-ring (bicyclic) bond motifs is 4. The van der Waals surface area contributed by atoms with E-state index in [0.717, 1.165) is 65.2 Å². The molecule has 12 rings (SSSR count). The Morgan fingerprint density at radius 1 is 0.386 bits per heavy atom. The molecule has 0 radical (unpaired) electrons. The van der Waals surface area contributed by atoms with Gasteiger partial charge in [-0.05, 0) is 66.6 Å². The summed E-state index contributed by atoms with van der Waals surface area (Å²) in [5, 5.41) is 133. The number of Topliss-reactive ketones (excluding diaryl/α,β-unsaturated/α-hetero) is 2. The molecule has 422 valence electrons. The molecule has 2 aromatic heterocycles. The summed E-state index contributed by atoms with van der Waals surface area (Å²) in [5.41, 5.74) is 2.02. The van der Waals surface area contributed by atoms with Crippen LogP contribution in [0.1, 0.15) is 62.5 Å². The van der Waals surface area contributed by atoms with Gasteiger partial charge in [-0.2, -0.15) is 0 Å². The third-order valence-electron chi connectivity index (χ3n) is 12.9. The van der Waals surface area contributed by atoms with Crippen molar-refractivity contribution in [3.8, 4) is 115 Å². The Kier molecular flexibility index (Phi) is 15.3. The molecule has 0 bridgehead atoms. The van der Waals surface area contributed by atoms with Gasteiger partial charge in [0.2, 0.25) is 11.2 Å². The van der Waals surface area contributed by atoms with Crippen molar-refractivity contribution >= 4 is 33.5 Å². The SMILES string of the molecule is Cc1ccc(C2CC(=O)c3c(O)cc(O)cc3O2)cc1.O=C1CC(c2ccc(O)cc2)Oc2cc(O)cc(O)c21.O=c1c(O)c(-c2ccc(O)c(O)c2)oc2cc(O)cc(O)c12.O=c1cc(-c2ccc(O)c(O)c2)oc2cc(O)cc(O)c12. The Labute approximate surface area is 465 Å². The van der Waals surface area contributed by atoms with E-state index in [9.17, 15) is 90.7 Å². The molecule has 2 aliphatic rings. The van der Waals surface area contributed by atoms with Crippen molar-refractivity contribution in [2.24, 2.45) is 0 Å². The molecule has 4 heterocycles. The molecule has 2 unspecified atom stereocenters. The van der Waals surface area contributed by atoms with Gasteiger partial charge in [0, 0.05) is 65.7 Å². The zero-order chi connectivity index (χ0) is 59.7. The molecule has 22 heteroatoms. The highest BCUT2D eigenvalue weighted by Gasteiger charge is 2.32. The van der Waals surface area contributed by atoms with Crippen LogP contribution in [0.3, 0.4) is 0 Å². The third-order valence-corrected chi connectivity index (χ3v) is 12.9. The van der Waals surface area contributed by atoms with E-state index < -0.39 is 40.3 Å². The maximum atomic E-state index is 12.1. The summed E-state index contributed by atoms with van der Waals surface area (Å²) in [6.07, 6.45) is -0.626. The average molecular weight is 1130 g/mol. The summed E-state index contributed by atoms with van der Waals surface area (Å²) < 4.78 is 22.2. The minimum Gasteiger partial charge on any atom is -0.508 e. The number of carbonyl (C=O) groups excluding carboxylic acids is 2. The van der Waals surface area contributed by atoms with Crippen LogP contribution in [0.25, 0.3) is 44.6 Å². The van der Waals surface area contributed by atoms with Gasteiger partial charge in [0.15, 0.2) is 45.8 Å². The minimum absolute atomic E-state index is 0.0163. The van der Waals surface area contributed by atoms with Gasteiger partial charge in [-0.15, -0.1) is 0 Å². The highest BCUT2D eigenvalue weighted by atomic mass is 16.5. The van der Waals surface area contributed by atoms with E-state index in [1.807, 2.05) is 31.2 Å². The van der Waals surface area contributed by atoms with Crippen LogP contribution in [-0.2, 0) is 0 Å². The molecule has 0 fully saturated rings. The molecule has 10 aromatic rings. The molecule has 2 atom stereocenters. The molecule has 83 heavy (non-hydrogen) atoms. The lowest BCUT2D eigenvalue weighted by Crippen LogP contribution is -2.20. The first-order valence-electron chi connectivity index (χ1n) is 24.6. The van der Waals surface area contributed by atoms with E-state index in [1.165, 1.54) is 54.6 Å². The molecule has 0 saturated heterocycles. The smallest absolute Gasteiger partial charge is 0.238 e. The number of aryl methyl sites for hydroxylation is 1. The summed E-state index contributed by atoms with van der Waals surface area (Å²) in [7, 11) is 0. The van der Waals surface area contributed by atoms with Gasteiger partial charge in [-0.25, -0.2) is 0 Å². The number of ketones is 2. The predicted molar refractivity (Wildman–Crippen MR) is 294 cm³/mol. The molecule has 8 aromatic carbocycles. The average Bonchev–Trinajstić information content (AvgIpc) is 3.20. The summed E-state index contributed by atoms with van der Waals surface area (Å²) in [6.45, 7) is 1.99. The van der Waals surface area contributed by atoms with Crippen LogP contribution < -0.4 is 20.3 Å². The third kappa shape index (κ3) is 11.9. The van der Waals surface area contributed by atoms with Crippen LogP contribution in [0.5, 0.6) is 92.0 Å². The number of hydrogen-bond acceptors (Lipinski definition) is 22. The molecule has 2 aliphatic heterocycles. The van der Waals surface area contributed by atoms with E-state index in [2.05, 4.69) is 0 Å². The molecule has 14 N–H and O–H groups in total. The number of rotatable bonds is 4. The van der Waals surface area contributed by atoms with Crippen LogP contribution in [0.15, 0.2) is 158 Å². The van der Waals surface area contributed by atoms with Gasteiger partial charge < -0.3 is 89.8 Å². The maximum Gasteiger partial charge on any atom is 0.238 e. The van der Waals surface area contributed by atoms with Crippen LogP contribution in [0, 0.1) is 6.92 Å². The van der Waals surface area contributed by atoms with E-state index in [1.54, 1.807) is 12.1 Å². The van der Waals surface area contributed by atoms with Crippen molar-refractivity contribution in [3.05, 3.63) is 188 Å². The van der Waals surface area contributed by atoms with Crippen LogP contribution in [0.2, 0.25) is 0 Å². The van der Waals surface area contributed by atoms with Gasteiger partial charge >= 0.3 is 0 Å². The lowest BCUT2D eigenvalue weighted by Gasteiger charge is -2.26. The van der Waals surface area contributed by atoms with Gasteiger partial charge in [-0.1, -0.05) is 42.0 Å². The fourth-order valence-electron chi connectivity index (χ4n) is 8.90. The second kappa shape index (κ2) is 22.6. The van der Waals surface area contributed by atoms with Crippen molar-refractivity contribution < 1.29 is 99.4 Å². The van der Waals surface area contributed by atoms with Crippen LogP contribution in [-0.4, -0.2) is 83.1 Å². The topological polar surface area (TPSA) is 396 Å². The fraction of sp³-hybridized carbons (Fsp3) is 0.0820. The van der Waals surface area contributed by atoms with Crippen LogP contribution in [0.4, 0.5) is 0 Å². The zero-order valence-electron chi connectivity index (χ0n) is 42.9. The van der Waals surface area contributed by atoms with Gasteiger partial charge in [0.05, 0.1) is 12.8 Å². The minimum atomic E-state index is -0.888. The monoisotopic (exact) mass is 1130 g/mol. The lowest BCUT2D eigenvalue weighted by molar-refractivity contribution is 0.0834. The first kappa shape index (κ1) is 56.1. The lowest BCUT2D eigenvalue weighted by atomic mass is 9.95. The van der Waals surface area contributed by atoms with Gasteiger partial charge in [-0.3, -0.25) is 19.2 Å². The number of benzene rings is 8. The largest absolute Gasteiger partial charge is 0.508 e. The summed E-state index contributed by atoms with van der Waals surface area (Å²) in [5.74, 6) is -4.58. The van der Waals surface area contributed by atoms with Gasteiger partial charge in [0.25, 0.3) is 0 Å². The van der Waals surface area contributed by atoms with E-state index in [-0.39, 0.29) is 149 Å². The Bertz CT molecular complexity index is 4200. The highest BCUT2D eigenvalue weighted by molar-refractivity contribution is 6.03. The second-order valence-electron chi connectivity index (χ2n) is 18.8. The summed E-state index contributed by atoms with van der Waals surface area (Å²) in [6, 6.07) is 32.0. The first-order chi connectivity index (χ1) is 39.4. The molecule has 22 nitrogen and oxygen atoms in total. The van der Waals surface area contributed by atoms with Crippen molar-refractivity contribution in [3.63, 3.8) is 0 Å². The summed E-state index contributed by atoms with van der Waals surface area (Å²) >= 11 is 0. The molecule has 0 amide bonds. The van der Waals surface area contributed by atoms with Gasteiger partial charge in [0.1, 0.15) is 114 Å². The van der Waals surface area contributed by atoms with E-state index in [4.69, 9.17) is 18.3 Å². The molecular formula is C61H46O22. The normalized spacial score (nSPS) is 14.0. The Morgan fingerprint density at radius 3 is 1.33 bits per heavy atom. The van der Waals surface area contributed by atoms with Crippen molar-refractivity contribution in [2.75, 3.05) is 0 Å². The number of ether oxygens (including phenoxy) is 2. The molecule has 0 spiro atoms. The number of phenols is 13. The predicted octanol–water partition coefficient (Wildman–Crippen LogP) is 9.89. The van der Waals surface area contributed by atoms with Crippen molar-refractivity contribution in [1.82, 2.24) is 0 Å². The number of carbonyl (C=O) groups is 2.